The van der Waals surface area contributed by atoms with E-state index in [0.717, 1.165) is 11.1 Å². The lowest BCUT2D eigenvalue weighted by atomic mass is 9.93. The van der Waals surface area contributed by atoms with Gasteiger partial charge in [0.25, 0.3) is 5.91 Å². The predicted octanol–water partition coefficient (Wildman–Crippen LogP) is 3.26. The van der Waals surface area contributed by atoms with Gasteiger partial charge in [-0.05, 0) is 53.9 Å². The van der Waals surface area contributed by atoms with Crippen molar-refractivity contribution < 1.29 is 28.6 Å². The summed E-state index contributed by atoms with van der Waals surface area (Å²) in [4.78, 5) is 38.5. The molecule has 32 heavy (non-hydrogen) atoms. The first-order valence-electron chi connectivity index (χ1n) is 10.1. The Morgan fingerprint density at radius 1 is 1.12 bits per heavy atom. The van der Waals surface area contributed by atoms with Crippen LogP contribution in [0.1, 0.15) is 27.2 Å². The quantitative estimate of drug-likeness (QED) is 0.616. The minimum absolute atomic E-state index is 0.179. The van der Waals surface area contributed by atoms with E-state index in [1.165, 1.54) is 11.2 Å². The van der Waals surface area contributed by atoms with Crippen molar-refractivity contribution in [1.29, 1.82) is 0 Å². The Labute approximate surface area is 184 Å². The Balaban J connectivity index is 1.56. The molecule has 2 heterocycles. The Bertz CT molecular complexity index is 1160. The van der Waals surface area contributed by atoms with Gasteiger partial charge in [-0.25, -0.2) is 4.79 Å². The fourth-order valence-corrected chi connectivity index (χ4v) is 3.74. The topological polar surface area (TPSA) is 109 Å². The highest BCUT2D eigenvalue weighted by atomic mass is 16.5. The Morgan fingerprint density at radius 2 is 1.91 bits per heavy atom. The third kappa shape index (κ3) is 4.49. The monoisotopic (exact) mass is 434 g/mol. The lowest BCUT2D eigenvalue weighted by Gasteiger charge is -2.35. The van der Waals surface area contributed by atoms with E-state index in [1.54, 1.807) is 37.3 Å². The van der Waals surface area contributed by atoms with E-state index in [2.05, 4.69) is 5.32 Å². The van der Waals surface area contributed by atoms with Gasteiger partial charge in [0.2, 0.25) is 5.91 Å². The molecule has 8 heteroatoms. The number of benzene rings is 2. The maximum atomic E-state index is 13.3. The van der Waals surface area contributed by atoms with Gasteiger partial charge in [0.05, 0.1) is 6.26 Å². The standard InChI is InChI=1S/C24H22N2O6/c1-15-11-18(32-14-22(27)28)8-9-19(15)25-23(29)20-12-16-5-2-3-6-17(16)13-26(20)24(30)21-7-4-10-31-21/h2-11,20H,12-14H2,1H3,(H,25,29)(H,27,28)/t20-/m0/s1. The number of carbonyl (C=O) groups is 3. The van der Waals surface area contributed by atoms with Crippen LogP contribution in [-0.4, -0.2) is 40.4 Å². The van der Waals surface area contributed by atoms with Crippen LogP contribution >= 0.6 is 0 Å². The molecule has 2 amide bonds. The zero-order valence-corrected chi connectivity index (χ0v) is 17.4. The van der Waals surface area contributed by atoms with Gasteiger partial charge in [0.15, 0.2) is 12.4 Å². The van der Waals surface area contributed by atoms with Crippen LogP contribution in [-0.2, 0) is 22.6 Å². The highest BCUT2D eigenvalue weighted by Gasteiger charge is 2.36. The van der Waals surface area contributed by atoms with Gasteiger partial charge >= 0.3 is 5.97 Å². The molecule has 1 aromatic heterocycles. The maximum Gasteiger partial charge on any atom is 0.341 e. The van der Waals surface area contributed by atoms with Crippen LogP contribution in [0, 0.1) is 6.92 Å². The van der Waals surface area contributed by atoms with Gasteiger partial charge in [0, 0.05) is 18.7 Å². The number of carboxylic acids is 1. The first kappa shape index (κ1) is 21.2. The molecule has 0 radical (unpaired) electrons. The second-order valence-corrected chi connectivity index (χ2v) is 7.55. The number of furan rings is 1. The molecule has 0 saturated heterocycles. The van der Waals surface area contributed by atoms with E-state index in [0.29, 0.717) is 30.0 Å². The molecule has 4 rings (SSSR count). The van der Waals surface area contributed by atoms with E-state index < -0.39 is 18.6 Å². The van der Waals surface area contributed by atoms with E-state index in [9.17, 15) is 14.4 Å². The molecular formula is C24H22N2O6. The molecule has 1 aliphatic rings. The van der Waals surface area contributed by atoms with E-state index >= 15 is 0 Å². The van der Waals surface area contributed by atoms with Crippen LogP contribution in [0.25, 0.3) is 0 Å². The Kier molecular flexibility index (Phi) is 5.93. The smallest absolute Gasteiger partial charge is 0.341 e. The van der Waals surface area contributed by atoms with E-state index in [-0.39, 0.29) is 17.6 Å². The van der Waals surface area contributed by atoms with Gasteiger partial charge < -0.3 is 24.5 Å². The second-order valence-electron chi connectivity index (χ2n) is 7.55. The lowest BCUT2D eigenvalue weighted by molar-refractivity contribution is -0.139. The van der Waals surface area contributed by atoms with Gasteiger partial charge in [-0.2, -0.15) is 0 Å². The molecular weight excluding hydrogens is 412 g/mol. The van der Waals surface area contributed by atoms with Crippen LogP contribution in [0.3, 0.4) is 0 Å². The average Bonchev–Trinajstić information content (AvgIpc) is 3.33. The van der Waals surface area contributed by atoms with Crippen LogP contribution in [0.5, 0.6) is 5.75 Å². The molecule has 0 saturated carbocycles. The van der Waals surface area contributed by atoms with Gasteiger partial charge in [0.1, 0.15) is 11.8 Å². The molecule has 3 aromatic rings. The van der Waals surface area contributed by atoms with Crippen LogP contribution in [0.2, 0.25) is 0 Å². The number of amides is 2. The third-order valence-electron chi connectivity index (χ3n) is 5.36. The number of ether oxygens (including phenoxy) is 1. The summed E-state index contributed by atoms with van der Waals surface area (Å²) in [5.41, 5.74) is 3.28. The van der Waals surface area contributed by atoms with E-state index in [4.69, 9.17) is 14.3 Å². The molecule has 8 nitrogen and oxygen atoms in total. The number of anilines is 1. The highest BCUT2D eigenvalue weighted by Crippen LogP contribution is 2.27. The SMILES string of the molecule is Cc1cc(OCC(=O)O)ccc1NC(=O)[C@@H]1Cc2ccccc2CN1C(=O)c1ccco1. The first-order chi connectivity index (χ1) is 15.4. The van der Waals surface area contributed by atoms with Crippen molar-refractivity contribution in [2.45, 2.75) is 25.9 Å². The van der Waals surface area contributed by atoms with Gasteiger partial charge in [-0.1, -0.05) is 24.3 Å². The zero-order chi connectivity index (χ0) is 22.7. The number of rotatable bonds is 6. The first-order valence-corrected chi connectivity index (χ1v) is 10.1. The molecule has 164 valence electrons. The Hall–Kier alpha value is -4.07. The van der Waals surface area contributed by atoms with Crippen LogP contribution in [0.4, 0.5) is 5.69 Å². The zero-order valence-electron chi connectivity index (χ0n) is 17.4. The van der Waals surface area contributed by atoms with Crippen molar-refractivity contribution in [1.82, 2.24) is 4.90 Å². The molecule has 0 fully saturated rings. The summed E-state index contributed by atoms with van der Waals surface area (Å²) < 4.78 is 10.5. The van der Waals surface area contributed by atoms with E-state index in [1.807, 2.05) is 24.3 Å². The fraction of sp³-hybridized carbons (Fsp3) is 0.208. The number of carboxylic acid groups (broad SMARTS) is 1. The predicted molar refractivity (Wildman–Crippen MR) is 115 cm³/mol. The Morgan fingerprint density at radius 3 is 2.59 bits per heavy atom. The summed E-state index contributed by atoms with van der Waals surface area (Å²) in [5.74, 6) is -1.16. The number of carbonyl (C=O) groups excluding carboxylic acids is 2. The number of aryl methyl sites for hydroxylation is 1. The molecule has 2 N–H and O–H groups in total. The average molecular weight is 434 g/mol. The summed E-state index contributed by atoms with van der Waals surface area (Å²) in [7, 11) is 0. The molecule has 1 atom stereocenters. The number of fused-ring (bicyclic) bond motifs is 1. The number of hydrogen-bond acceptors (Lipinski definition) is 5. The molecule has 0 spiro atoms. The molecule has 0 unspecified atom stereocenters. The maximum absolute atomic E-state index is 13.3. The van der Waals surface area contributed by atoms with Crippen molar-refractivity contribution in [2.24, 2.45) is 0 Å². The van der Waals surface area contributed by atoms with Gasteiger partial charge in [-0.15, -0.1) is 0 Å². The molecule has 2 aromatic carbocycles. The summed E-state index contributed by atoms with van der Waals surface area (Å²) >= 11 is 0. The van der Waals surface area contributed by atoms with Crippen molar-refractivity contribution in [3.63, 3.8) is 0 Å². The van der Waals surface area contributed by atoms with Crippen molar-refractivity contribution in [2.75, 3.05) is 11.9 Å². The normalized spacial score (nSPS) is 15.0. The minimum Gasteiger partial charge on any atom is -0.482 e. The summed E-state index contributed by atoms with van der Waals surface area (Å²) in [5, 5.41) is 11.6. The highest BCUT2D eigenvalue weighted by molar-refractivity contribution is 6.01. The number of nitrogens with zero attached hydrogens (tertiary/aromatic N) is 1. The van der Waals surface area contributed by atoms with Crippen molar-refractivity contribution in [3.05, 3.63) is 83.3 Å². The number of hydrogen-bond donors (Lipinski definition) is 2. The summed E-state index contributed by atoms with van der Waals surface area (Å²) in [6, 6.07) is 15.1. The number of nitrogens with one attached hydrogen (secondary N) is 1. The third-order valence-corrected chi connectivity index (χ3v) is 5.36. The molecule has 0 bridgehead atoms. The lowest BCUT2D eigenvalue weighted by Crippen LogP contribution is -2.50. The molecule has 1 aliphatic heterocycles. The molecule has 0 aliphatic carbocycles. The summed E-state index contributed by atoms with van der Waals surface area (Å²) in [6.07, 6.45) is 1.81. The fourth-order valence-electron chi connectivity index (χ4n) is 3.74. The van der Waals surface area contributed by atoms with Crippen molar-refractivity contribution >= 4 is 23.5 Å². The largest absolute Gasteiger partial charge is 0.482 e. The van der Waals surface area contributed by atoms with Crippen LogP contribution in [0.15, 0.2) is 65.3 Å². The van der Waals surface area contributed by atoms with Gasteiger partial charge in [-0.3, -0.25) is 9.59 Å². The second kappa shape index (κ2) is 8.97. The number of aliphatic carboxylic acids is 1. The minimum atomic E-state index is -1.07. The summed E-state index contributed by atoms with van der Waals surface area (Å²) in [6.45, 7) is 1.64. The van der Waals surface area contributed by atoms with Crippen molar-refractivity contribution in [3.8, 4) is 5.75 Å². The van der Waals surface area contributed by atoms with Crippen LogP contribution < -0.4 is 10.1 Å².